The highest BCUT2D eigenvalue weighted by molar-refractivity contribution is 7.89. The molecule has 1 aromatic carbocycles. The third-order valence-corrected chi connectivity index (χ3v) is 7.10. The second kappa shape index (κ2) is 9.99. The van der Waals surface area contributed by atoms with Crippen LogP contribution in [0.4, 0.5) is 0 Å². The lowest BCUT2D eigenvalue weighted by molar-refractivity contribution is -0.116. The predicted octanol–water partition coefficient (Wildman–Crippen LogP) is 2.23. The number of sulfonamides is 1. The Kier molecular flexibility index (Phi) is 7.10. The second-order valence-corrected chi connectivity index (χ2v) is 9.87. The topological polar surface area (TPSA) is 101 Å². The van der Waals surface area contributed by atoms with Crippen LogP contribution in [0.1, 0.15) is 36.0 Å². The lowest BCUT2D eigenvalue weighted by Crippen LogP contribution is -2.43. The molecule has 1 aliphatic carbocycles. The van der Waals surface area contributed by atoms with Gasteiger partial charge in [0.05, 0.1) is 24.2 Å². The summed E-state index contributed by atoms with van der Waals surface area (Å²) in [7, 11) is -3.47. The summed E-state index contributed by atoms with van der Waals surface area (Å²) in [4.78, 5) is 14.9. The molecule has 2 aromatic rings. The number of ether oxygens (including phenoxy) is 1. The predicted molar refractivity (Wildman–Crippen MR) is 120 cm³/mol. The smallest absolute Gasteiger partial charge is 0.244 e. The Morgan fingerprint density at radius 2 is 1.88 bits per heavy atom. The van der Waals surface area contributed by atoms with E-state index in [9.17, 15) is 13.2 Å². The molecule has 1 amide bonds. The Hall–Kier alpha value is -2.46. The van der Waals surface area contributed by atoms with Crippen molar-refractivity contribution < 1.29 is 22.4 Å². The summed E-state index contributed by atoms with van der Waals surface area (Å²) < 4.78 is 38.4. The number of carbonyl (C=O) groups excluding carboxylic acids is 1. The van der Waals surface area contributed by atoms with Crippen LogP contribution in [0.2, 0.25) is 0 Å². The molecule has 2 fully saturated rings. The molecule has 0 spiro atoms. The van der Waals surface area contributed by atoms with Crippen molar-refractivity contribution in [3.63, 3.8) is 0 Å². The van der Waals surface area contributed by atoms with Crippen molar-refractivity contribution in [2.24, 2.45) is 0 Å². The quantitative estimate of drug-likeness (QED) is 0.558. The van der Waals surface area contributed by atoms with E-state index in [1.54, 1.807) is 30.3 Å². The first-order valence-corrected chi connectivity index (χ1v) is 12.4. The number of furan rings is 1. The highest BCUT2D eigenvalue weighted by Gasteiger charge is 2.28. The maximum Gasteiger partial charge on any atom is 0.244 e. The Balaban J connectivity index is 1.34. The van der Waals surface area contributed by atoms with Gasteiger partial charge in [-0.2, -0.15) is 0 Å². The fourth-order valence-electron chi connectivity index (χ4n) is 3.61. The minimum atomic E-state index is -3.47. The van der Waals surface area contributed by atoms with Gasteiger partial charge in [0.25, 0.3) is 0 Å². The molecule has 1 saturated carbocycles. The molecule has 1 unspecified atom stereocenters. The average Bonchev–Trinajstić information content (AvgIpc) is 3.49. The zero-order chi connectivity index (χ0) is 22.6. The van der Waals surface area contributed by atoms with Crippen LogP contribution < -0.4 is 10.0 Å². The summed E-state index contributed by atoms with van der Waals surface area (Å²) in [5.74, 6) is 1.44. The van der Waals surface area contributed by atoms with E-state index in [1.807, 2.05) is 19.1 Å². The van der Waals surface area contributed by atoms with Gasteiger partial charge in [-0.1, -0.05) is 12.1 Å². The molecule has 2 N–H and O–H groups in total. The lowest BCUT2D eigenvalue weighted by Gasteiger charge is -2.33. The zero-order valence-corrected chi connectivity index (χ0v) is 18.9. The van der Waals surface area contributed by atoms with E-state index >= 15 is 0 Å². The zero-order valence-electron chi connectivity index (χ0n) is 18.1. The van der Waals surface area contributed by atoms with Gasteiger partial charge in [-0.25, -0.2) is 13.1 Å². The molecule has 2 heterocycles. The van der Waals surface area contributed by atoms with Gasteiger partial charge in [0.1, 0.15) is 11.5 Å². The number of morpholine rings is 1. The average molecular weight is 460 g/mol. The van der Waals surface area contributed by atoms with Crippen LogP contribution in [0, 0.1) is 6.92 Å². The van der Waals surface area contributed by atoms with Crippen molar-refractivity contribution in [1.82, 2.24) is 14.9 Å². The number of aryl methyl sites for hydroxylation is 1. The lowest BCUT2D eigenvalue weighted by atomic mass is 10.1. The van der Waals surface area contributed by atoms with Crippen LogP contribution in [0.5, 0.6) is 0 Å². The first kappa shape index (κ1) is 22.7. The molecule has 8 nitrogen and oxygen atoms in total. The number of benzene rings is 1. The van der Waals surface area contributed by atoms with Crippen molar-refractivity contribution in [3.05, 3.63) is 59.6 Å². The van der Waals surface area contributed by atoms with Gasteiger partial charge in [-0.3, -0.25) is 9.69 Å². The maximum atomic E-state index is 12.4. The third-order valence-electron chi connectivity index (χ3n) is 5.56. The first-order chi connectivity index (χ1) is 15.4. The van der Waals surface area contributed by atoms with Crippen LogP contribution >= 0.6 is 0 Å². The van der Waals surface area contributed by atoms with Gasteiger partial charge in [-0.15, -0.1) is 0 Å². The minimum absolute atomic E-state index is 0.0617. The molecule has 1 aromatic heterocycles. The second-order valence-electron chi connectivity index (χ2n) is 8.16. The van der Waals surface area contributed by atoms with E-state index in [1.165, 1.54) is 6.08 Å². The summed E-state index contributed by atoms with van der Waals surface area (Å²) in [5.41, 5.74) is 0.747. The number of amides is 1. The van der Waals surface area contributed by atoms with Crippen molar-refractivity contribution in [2.75, 3.05) is 32.8 Å². The fraction of sp³-hybridized carbons (Fsp3) is 0.435. The molecule has 2 aliphatic rings. The Labute approximate surface area is 188 Å². The molecule has 1 aliphatic heterocycles. The molecule has 1 atom stereocenters. The van der Waals surface area contributed by atoms with Crippen LogP contribution in [-0.2, 0) is 19.6 Å². The number of rotatable bonds is 9. The van der Waals surface area contributed by atoms with Crippen molar-refractivity contribution >= 4 is 22.0 Å². The number of hydrogen-bond donors (Lipinski definition) is 2. The maximum absolute atomic E-state index is 12.4. The third kappa shape index (κ3) is 6.07. The van der Waals surface area contributed by atoms with Gasteiger partial charge < -0.3 is 14.5 Å². The summed E-state index contributed by atoms with van der Waals surface area (Å²) in [6.45, 7) is 5.19. The molecule has 1 saturated heterocycles. The molecule has 0 bridgehead atoms. The van der Waals surface area contributed by atoms with Gasteiger partial charge in [0, 0.05) is 31.8 Å². The molecule has 9 heteroatoms. The van der Waals surface area contributed by atoms with E-state index in [0.717, 1.165) is 43.0 Å². The SMILES string of the molecule is Cc1ccc(C(CNC(=O)/C=C/c2ccc(S(=O)(=O)NC3CC3)cc2)N2CCOCC2)o1. The number of hydrogen-bond acceptors (Lipinski definition) is 6. The van der Waals surface area contributed by atoms with E-state index in [0.29, 0.717) is 19.8 Å². The van der Waals surface area contributed by atoms with Gasteiger partial charge in [0.15, 0.2) is 0 Å². The molecule has 0 radical (unpaired) electrons. The summed E-state index contributed by atoms with van der Waals surface area (Å²) in [6, 6.07) is 10.4. The van der Waals surface area contributed by atoms with Crippen LogP contribution in [-0.4, -0.2) is 58.1 Å². The monoisotopic (exact) mass is 459 g/mol. The highest BCUT2D eigenvalue weighted by atomic mass is 32.2. The molecule has 172 valence electrons. The Morgan fingerprint density at radius 3 is 2.50 bits per heavy atom. The highest BCUT2D eigenvalue weighted by Crippen LogP contribution is 2.24. The Bertz CT molecular complexity index is 1050. The Morgan fingerprint density at radius 1 is 1.16 bits per heavy atom. The number of nitrogens with one attached hydrogen (secondary N) is 2. The van der Waals surface area contributed by atoms with Gasteiger partial charge in [-0.05, 0) is 55.7 Å². The van der Waals surface area contributed by atoms with Crippen LogP contribution in [0.25, 0.3) is 6.08 Å². The van der Waals surface area contributed by atoms with Crippen molar-refractivity contribution in [2.45, 2.75) is 36.7 Å². The number of carbonyl (C=O) groups is 1. The van der Waals surface area contributed by atoms with E-state index in [4.69, 9.17) is 9.15 Å². The van der Waals surface area contributed by atoms with E-state index in [-0.39, 0.29) is 22.9 Å². The van der Waals surface area contributed by atoms with Gasteiger partial charge in [0.2, 0.25) is 15.9 Å². The van der Waals surface area contributed by atoms with E-state index in [2.05, 4.69) is 14.9 Å². The minimum Gasteiger partial charge on any atom is -0.465 e. The number of nitrogens with zero attached hydrogens (tertiary/aromatic N) is 1. The molecule has 32 heavy (non-hydrogen) atoms. The van der Waals surface area contributed by atoms with Gasteiger partial charge >= 0.3 is 0 Å². The normalized spacial score (nSPS) is 18.7. The first-order valence-electron chi connectivity index (χ1n) is 10.9. The summed E-state index contributed by atoms with van der Waals surface area (Å²) in [5, 5.41) is 2.95. The molecular formula is C23H29N3O5S. The van der Waals surface area contributed by atoms with E-state index < -0.39 is 10.0 Å². The van der Waals surface area contributed by atoms with Crippen molar-refractivity contribution in [1.29, 1.82) is 0 Å². The standard InChI is InChI=1S/C23H29N3O5S/c1-17-2-10-22(31-17)21(26-12-14-30-15-13-26)16-24-23(27)11-5-18-3-8-20(9-4-18)32(28,29)25-19-6-7-19/h2-5,8-11,19,21,25H,6-7,12-16H2,1H3,(H,24,27)/b11-5+. The fourth-order valence-corrected chi connectivity index (χ4v) is 4.91. The molecular weight excluding hydrogens is 430 g/mol. The van der Waals surface area contributed by atoms with Crippen LogP contribution in [0.3, 0.4) is 0 Å². The summed E-state index contributed by atoms with van der Waals surface area (Å²) in [6.07, 6.45) is 4.90. The largest absolute Gasteiger partial charge is 0.465 e. The molecule has 4 rings (SSSR count). The van der Waals surface area contributed by atoms with Crippen LogP contribution in [0.15, 0.2) is 51.8 Å². The van der Waals surface area contributed by atoms with Crippen molar-refractivity contribution in [3.8, 4) is 0 Å². The summed E-state index contributed by atoms with van der Waals surface area (Å²) >= 11 is 0.